The summed E-state index contributed by atoms with van der Waals surface area (Å²) in [7, 11) is 0. The number of nitrogens with one attached hydrogen (secondary N) is 2. The molecule has 110 valence electrons. The molecule has 0 saturated carbocycles. The highest BCUT2D eigenvalue weighted by Crippen LogP contribution is 2.19. The monoisotopic (exact) mass is 284 g/mol. The molecule has 2 atom stereocenters. The van der Waals surface area contributed by atoms with Crippen molar-refractivity contribution < 1.29 is 4.39 Å². The molecule has 0 aliphatic carbocycles. The van der Waals surface area contributed by atoms with Gasteiger partial charge in [0, 0.05) is 17.8 Å². The van der Waals surface area contributed by atoms with Crippen molar-refractivity contribution >= 4 is 5.69 Å². The first kappa shape index (κ1) is 14.1. The van der Waals surface area contributed by atoms with E-state index in [1.54, 1.807) is 12.1 Å². The fraction of sp³-hybridized carbons (Fsp3) is 0.333. The summed E-state index contributed by atoms with van der Waals surface area (Å²) >= 11 is 0. The van der Waals surface area contributed by atoms with Gasteiger partial charge in [0.15, 0.2) is 0 Å². The van der Waals surface area contributed by atoms with Crippen molar-refractivity contribution in [1.82, 2.24) is 5.32 Å². The first-order chi connectivity index (χ1) is 10.3. The standard InChI is InChI=1S/C18H21FN2/c19-15-8-4-9-16(13-15)21-17-10-5-11-20-18(17)12-14-6-2-1-3-7-14/h1-4,6-9,13,17-18,20-21H,5,10-12H2/t17-,18-/m0/s1. The minimum Gasteiger partial charge on any atom is -0.381 e. The van der Waals surface area contributed by atoms with Gasteiger partial charge in [-0.1, -0.05) is 36.4 Å². The summed E-state index contributed by atoms with van der Waals surface area (Å²) in [6.45, 7) is 1.05. The topological polar surface area (TPSA) is 24.1 Å². The third-order valence-electron chi connectivity index (χ3n) is 4.06. The number of halogens is 1. The maximum Gasteiger partial charge on any atom is 0.125 e. The Labute approximate surface area is 125 Å². The lowest BCUT2D eigenvalue weighted by molar-refractivity contribution is 0.366. The van der Waals surface area contributed by atoms with E-state index in [1.165, 1.54) is 11.6 Å². The van der Waals surface area contributed by atoms with Gasteiger partial charge in [0.2, 0.25) is 0 Å². The molecule has 1 heterocycles. The number of rotatable bonds is 4. The zero-order valence-corrected chi connectivity index (χ0v) is 12.1. The highest BCUT2D eigenvalue weighted by Gasteiger charge is 2.24. The first-order valence-electron chi connectivity index (χ1n) is 7.61. The van der Waals surface area contributed by atoms with E-state index in [9.17, 15) is 4.39 Å². The van der Waals surface area contributed by atoms with Gasteiger partial charge in [0.1, 0.15) is 5.82 Å². The molecule has 1 saturated heterocycles. The molecule has 2 nitrogen and oxygen atoms in total. The minimum atomic E-state index is -0.191. The molecule has 0 bridgehead atoms. The zero-order chi connectivity index (χ0) is 14.5. The van der Waals surface area contributed by atoms with E-state index in [0.717, 1.165) is 31.5 Å². The predicted octanol–water partition coefficient (Wildman–Crippen LogP) is 3.60. The van der Waals surface area contributed by atoms with Crippen molar-refractivity contribution in [3.05, 3.63) is 66.0 Å². The fourth-order valence-electron chi connectivity index (χ4n) is 3.00. The van der Waals surface area contributed by atoms with E-state index in [0.29, 0.717) is 12.1 Å². The summed E-state index contributed by atoms with van der Waals surface area (Å²) in [6, 6.07) is 18.0. The number of hydrogen-bond donors (Lipinski definition) is 2. The van der Waals surface area contributed by atoms with Crippen LogP contribution in [0.4, 0.5) is 10.1 Å². The molecule has 3 heteroatoms. The van der Waals surface area contributed by atoms with Crippen molar-refractivity contribution in [2.45, 2.75) is 31.3 Å². The van der Waals surface area contributed by atoms with Crippen LogP contribution in [0.5, 0.6) is 0 Å². The van der Waals surface area contributed by atoms with Crippen LogP contribution in [0.2, 0.25) is 0 Å². The van der Waals surface area contributed by atoms with Crippen LogP contribution in [0.15, 0.2) is 54.6 Å². The quantitative estimate of drug-likeness (QED) is 0.896. The average Bonchev–Trinajstić information content (AvgIpc) is 2.50. The number of hydrogen-bond acceptors (Lipinski definition) is 2. The van der Waals surface area contributed by atoms with Gasteiger partial charge < -0.3 is 10.6 Å². The molecule has 1 aliphatic heterocycles. The highest BCUT2D eigenvalue weighted by atomic mass is 19.1. The second kappa shape index (κ2) is 6.72. The Morgan fingerprint density at radius 3 is 2.76 bits per heavy atom. The Kier molecular flexibility index (Phi) is 4.51. The van der Waals surface area contributed by atoms with Gasteiger partial charge in [-0.2, -0.15) is 0 Å². The summed E-state index contributed by atoms with van der Waals surface area (Å²) in [5.74, 6) is -0.191. The Hall–Kier alpha value is -1.87. The van der Waals surface area contributed by atoms with Gasteiger partial charge in [0.05, 0.1) is 0 Å². The van der Waals surface area contributed by atoms with Crippen molar-refractivity contribution in [3.8, 4) is 0 Å². The van der Waals surface area contributed by atoms with Crippen molar-refractivity contribution in [3.63, 3.8) is 0 Å². The number of piperidine rings is 1. The second-order valence-corrected chi connectivity index (χ2v) is 5.65. The Morgan fingerprint density at radius 2 is 1.95 bits per heavy atom. The molecule has 0 aromatic heterocycles. The average molecular weight is 284 g/mol. The van der Waals surface area contributed by atoms with Crippen LogP contribution in [0.25, 0.3) is 0 Å². The molecule has 3 rings (SSSR count). The zero-order valence-electron chi connectivity index (χ0n) is 12.1. The lowest BCUT2D eigenvalue weighted by Crippen LogP contribution is -2.49. The Balaban J connectivity index is 1.69. The van der Waals surface area contributed by atoms with Gasteiger partial charge in [-0.15, -0.1) is 0 Å². The molecule has 0 spiro atoms. The van der Waals surface area contributed by atoms with Crippen LogP contribution in [-0.4, -0.2) is 18.6 Å². The predicted molar refractivity (Wildman–Crippen MR) is 85.0 cm³/mol. The van der Waals surface area contributed by atoms with Crippen LogP contribution < -0.4 is 10.6 Å². The molecule has 21 heavy (non-hydrogen) atoms. The molecular weight excluding hydrogens is 263 g/mol. The molecule has 1 aliphatic rings. The van der Waals surface area contributed by atoms with E-state index in [4.69, 9.17) is 0 Å². The maximum absolute atomic E-state index is 13.3. The van der Waals surface area contributed by atoms with Crippen LogP contribution in [0, 0.1) is 5.82 Å². The third kappa shape index (κ3) is 3.82. The van der Waals surface area contributed by atoms with E-state index in [1.807, 2.05) is 12.1 Å². The maximum atomic E-state index is 13.3. The Morgan fingerprint density at radius 1 is 1.10 bits per heavy atom. The van der Waals surface area contributed by atoms with E-state index >= 15 is 0 Å². The second-order valence-electron chi connectivity index (χ2n) is 5.65. The molecule has 1 fully saturated rings. The SMILES string of the molecule is Fc1cccc(N[C@H]2CCCN[C@H]2Cc2ccccc2)c1. The lowest BCUT2D eigenvalue weighted by Gasteiger charge is -2.34. The summed E-state index contributed by atoms with van der Waals surface area (Å²) in [5.41, 5.74) is 2.20. The van der Waals surface area contributed by atoms with E-state index < -0.39 is 0 Å². The summed E-state index contributed by atoms with van der Waals surface area (Å²) < 4.78 is 13.3. The smallest absolute Gasteiger partial charge is 0.125 e. The third-order valence-corrected chi connectivity index (χ3v) is 4.06. The number of anilines is 1. The molecule has 2 N–H and O–H groups in total. The van der Waals surface area contributed by atoms with Crippen LogP contribution in [-0.2, 0) is 6.42 Å². The van der Waals surface area contributed by atoms with E-state index in [-0.39, 0.29) is 5.82 Å². The van der Waals surface area contributed by atoms with Crippen LogP contribution in [0.1, 0.15) is 18.4 Å². The largest absolute Gasteiger partial charge is 0.381 e. The molecule has 0 unspecified atom stereocenters. The molecule has 0 amide bonds. The first-order valence-corrected chi connectivity index (χ1v) is 7.61. The minimum absolute atomic E-state index is 0.191. The summed E-state index contributed by atoms with van der Waals surface area (Å²) in [4.78, 5) is 0. The van der Waals surface area contributed by atoms with Crippen molar-refractivity contribution in [2.24, 2.45) is 0 Å². The summed E-state index contributed by atoms with van der Waals surface area (Å²) in [6.07, 6.45) is 3.26. The van der Waals surface area contributed by atoms with Gasteiger partial charge in [-0.05, 0) is 49.6 Å². The molecule has 0 radical (unpaired) electrons. The number of benzene rings is 2. The lowest BCUT2D eigenvalue weighted by atomic mass is 9.92. The highest BCUT2D eigenvalue weighted by molar-refractivity contribution is 5.44. The Bertz CT molecular complexity index is 570. The molecule has 2 aromatic carbocycles. The molecule has 2 aromatic rings. The van der Waals surface area contributed by atoms with Gasteiger partial charge in [0.25, 0.3) is 0 Å². The van der Waals surface area contributed by atoms with Crippen LogP contribution in [0.3, 0.4) is 0 Å². The van der Waals surface area contributed by atoms with Crippen LogP contribution >= 0.6 is 0 Å². The van der Waals surface area contributed by atoms with Gasteiger partial charge >= 0.3 is 0 Å². The summed E-state index contributed by atoms with van der Waals surface area (Å²) in [5, 5.41) is 7.09. The molecular formula is C18H21FN2. The van der Waals surface area contributed by atoms with Gasteiger partial charge in [-0.25, -0.2) is 4.39 Å². The van der Waals surface area contributed by atoms with E-state index in [2.05, 4.69) is 34.9 Å². The fourth-order valence-corrected chi connectivity index (χ4v) is 3.00. The van der Waals surface area contributed by atoms with Gasteiger partial charge in [-0.3, -0.25) is 0 Å². The van der Waals surface area contributed by atoms with Crippen molar-refractivity contribution in [1.29, 1.82) is 0 Å². The van der Waals surface area contributed by atoms with Crippen molar-refractivity contribution in [2.75, 3.05) is 11.9 Å². The normalized spacial score (nSPS) is 22.0.